The Balaban J connectivity index is 2.46. The summed E-state index contributed by atoms with van der Waals surface area (Å²) in [6, 6.07) is 11.0. The maximum atomic E-state index is 14.2. The molecule has 2 aromatic rings. The standard InChI is InChI=1S/C16H13Br2ClF2/c17-9-16(10-18,13-3-1-2-4-15(13)21)8-11-5-6-12(20)7-14(11)19/h1-7H,8-10H2. The topological polar surface area (TPSA) is 0 Å². The molecular formula is C16H13Br2ClF2. The lowest BCUT2D eigenvalue weighted by molar-refractivity contribution is 0.500. The molecule has 0 saturated heterocycles. The molecule has 21 heavy (non-hydrogen) atoms. The summed E-state index contributed by atoms with van der Waals surface area (Å²) < 4.78 is 27.4. The van der Waals surface area contributed by atoms with E-state index in [1.54, 1.807) is 18.2 Å². The minimum absolute atomic E-state index is 0.255. The molecule has 0 heterocycles. The minimum atomic E-state index is -0.493. The van der Waals surface area contributed by atoms with Crippen LogP contribution in [0, 0.1) is 11.6 Å². The second kappa shape index (κ2) is 7.21. The van der Waals surface area contributed by atoms with Crippen molar-refractivity contribution >= 4 is 43.5 Å². The number of halogens is 5. The first-order chi connectivity index (χ1) is 10.0. The van der Waals surface area contributed by atoms with Crippen molar-refractivity contribution in [1.29, 1.82) is 0 Å². The van der Waals surface area contributed by atoms with Gasteiger partial charge in [0.05, 0.1) is 0 Å². The summed E-state index contributed by atoms with van der Waals surface area (Å²) in [5.74, 6) is -0.632. The zero-order valence-electron chi connectivity index (χ0n) is 11.1. The van der Waals surface area contributed by atoms with Gasteiger partial charge in [0.25, 0.3) is 0 Å². The predicted octanol–water partition coefficient (Wildman–Crippen LogP) is 5.89. The highest BCUT2D eigenvalue weighted by Gasteiger charge is 2.33. The van der Waals surface area contributed by atoms with Gasteiger partial charge in [-0.1, -0.05) is 67.7 Å². The van der Waals surface area contributed by atoms with Crippen molar-refractivity contribution < 1.29 is 8.78 Å². The highest BCUT2D eigenvalue weighted by molar-refractivity contribution is 9.09. The summed E-state index contributed by atoms with van der Waals surface area (Å²) in [4.78, 5) is 0. The van der Waals surface area contributed by atoms with Crippen LogP contribution in [0.4, 0.5) is 8.78 Å². The second-order valence-electron chi connectivity index (χ2n) is 4.94. The number of benzene rings is 2. The van der Waals surface area contributed by atoms with Crippen LogP contribution in [-0.2, 0) is 11.8 Å². The van der Waals surface area contributed by atoms with E-state index in [1.807, 2.05) is 6.07 Å². The summed E-state index contributed by atoms with van der Waals surface area (Å²) in [5.41, 5.74) is 0.909. The molecule has 0 aliphatic carbocycles. The first-order valence-corrected chi connectivity index (χ1v) is 8.95. The average Bonchev–Trinajstić information content (AvgIpc) is 2.48. The Hall–Kier alpha value is -0.450. The summed E-state index contributed by atoms with van der Waals surface area (Å²) in [5, 5.41) is 1.47. The van der Waals surface area contributed by atoms with Crippen LogP contribution in [0.1, 0.15) is 11.1 Å². The highest BCUT2D eigenvalue weighted by Crippen LogP contribution is 2.36. The van der Waals surface area contributed by atoms with Crippen molar-refractivity contribution in [1.82, 2.24) is 0 Å². The van der Waals surface area contributed by atoms with E-state index < -0.39 is 5.41 Å². The maximum absolute atomic E-state index is 14.2. The van der Waals surface area contributed by atoms with Crippen LogP contribution in [0.2, 0.25) is 5.02 Å². The number of hydrogen-bond acceptors (Lipinski definition) is 0. The molecule has 2 aromatic carbocycles. The molecular weight excluding hydrogens is 425 g/mol. The van der Waals surface area contributed by atoms with Gasteiger partial charge in [-0.3, -0.25) is 0 Å². The van der Waals surface area contributed by atoms with E-state index in [9.17, 15) is 8.78 Å². The molecule has 0 fully saturated rings. The fourth-order valence-electron chi connectivity index (χ4n) is 2.29. The molecule has 2 rings (SSSR count). The lowest BCUT2D eigenvalue weighted by Crippen LogP contribution is -2.34. The molecule has 0 aliphatic heterocycles. The van der Waals surface area contributed by atoms with E-state index in [4.69, 9.17) is 11.6 Å². The number of alkyl halides is 2. The van der Waals surface area contributed by atoms with Crippen molar-refractivity contribution in [3.05, 3.63) is 70.2 Å². The van der Waals surface area contributed by atoms with Crippen molar-refractivity contribution in [2.24, 2.45) is 0 Å². The van der Waals surface area contributed by atoms with Gasteiger partial charge in [0.1, 0.15) is 11.6 Å². The second-order valence-corrected chi connectivity index (χ2v) is 6.47. The summed E-state index contributed by atoms with van der Waals surface area (Å²) in [6.07, 6.45) is 0.504. The maximum Gasteiger partial charge on any atom is 0.127 e. The van der Waals surface area contributed by atoms with E-state index in [-0.39, 0.29) is 11.6 Å². The molecule has 0 saturated carbocycles. The Labute approximate surface area is 144 Å². The molecule has 0 bridgehead atoms. The first-order valence-electron chi connectivity index (χ1n) is 6.33. The van der Waals surface area contributed by atoms with Gasteiger partial charge in [0.2, 0.25) is 0 Å². The fraction of sp³-hybridized carbons (Fsp3) is 0.250. The summed E-state index contributed by atoms with van der Waals surface area (Å²) >= 11 is 13.1. The Kier molecular flexibility index (Phi) is 5.81. The summed E-state index contributed by atoms with van der Waals surface area (Å²) in [7, 11) is 0. The third kappa shape index (κ3) is 3.66. The van der Waals surface area contributed by atoms with Gasteiger partial charge in [-0.2, -0.15) is 0 Å². The van der Waals surface area contributed by atoms with Gasteiger partial charge in [-0.05, 0) is 35.7 Å². The molecule has 0 spiro atoms. The van der Waals surface area contributed by atoms with Crippen LogP contribution >= 0.6 is 43.5 Å². The number of hydrogen-bond donors (Lipinski definition) is 0. The molecule has 0 aromatic heterocycles. The SMILES string of the molecule is Fc1ccc(CC(CBr)(CBr)c2ccccc2F)c(Cl)c1. The van der Waals surface area contributed by atoms with Gasteiger partial charge in [-0.25, -0.2) is 8.78 Å². The van der Waals surface area contributed by atoms with Crippen LogP contribution in [0.25, 0.3) is 0 Å². The van der Waals surface area contributed by atoms with Crippen LogP contribution < -0.4 is 0 Å². The molecule has 0 N–H and O–H groups in total. The van der Waals surface area contributed by atoms with Crippen molar-refractivity contribution in [2.45, 2.75) is 11.8 Å². The van der Waals surface area contributed by atoms with Crippen LogP contribution in [-0.4, -0.2) is 10.7 Å². The lowest BCUT2D eigenvalue weighted by atomic mass is 9.79. The minimum Gasteiger partial charge on any atom is -0.207 e. The molecule has 0 radical (unpaired) electrons. The molecule has 0 unspecified atom stereocenters. The molecule has 0 amide bonds. The zero-order chi connectivity index (χ0) is 15.5. The van der Waals surface area contributed by atoms with Crippen molar-refractivity contribution in [2.75, 3.05) is 10.7 Å². The monoisotopic (exact) mass is 436 g/mol. The quantitative estimate of drug-likeness (QED) is 0.511. The van der Waals surface area contributed by atoms with E-state index in [0.717, 1.165) is 5.56 Å². The van der Waals surface area contributed by atoms with Gasteiger partial charge >= 0.3 is 0 Å². The molecule has 0 nitrogen and oxygen atoms in total. The third-order valence-corrected chi connectivity index (χ3v) is 6.00. The largest absolute Gasteiger partial charge is 0.207 e. The Morgan fingerprint density at radius 1 is 1.00 bits per heavy atom. The summed E-state index contributed by atoms with van der Waals surface area (Å²) in [6.45, 7) is 0. The molecule has 0 aliphatic rings. The van der Waals surface area contributed by atoms with Gasteiger partial charge in [-0.15, -0.1) is 0 Å². The lowest BCUT2D eigenvalue weighted by Gasteiger charge is -2.31. The fourth-order valence-corrected chi connectivity index (χ4v) is 4.45. The number of rotatable bonds is 5. The van der Waals surface area contributed by atoms with E-state index in [0.29, 0.717) is 27.7 Å². The normalized spacial score (nSPS) is 11.7. The van der Waals surface area contributed by atoms with Crippen LogP contribution in [0.3, 0.4) is 0 Å². The van der Waals surface area contributed by atoms with Crippen molar-refractivity contribution in [3.8, 4) is 0 Å². The third-order valence-electron chi connectivity index (χ3n) is 3.50. The molecule has 0 atom stereocenters. The highest BCUT2D eigenvalue weighted by atomic mass is 79.9. The Morgan fingerprint density at radius 3 is 2.24 bits per heavy atom. The van der Waals surface area contributed by atoms with Gasteiger partial charge < -0.3 is 0 Å². The predicted molar refractivity (Wildman–Crippen MR) is 90.8 cm³/mol. The zero-order valence-corrected chi connectivity index (χ0v) is 15.0. The van der Waals surface area contributed by atoms with Crippen molar-refractivity contribution in [3.63, 3.8) is 0 Å². The van der Waals surface area contributed by atoms with Gasteiger partial charge in [0.15, 0.2) is 0 Å². The van der Waals surface area contributed by atoms with Gasteiger partial charge in [0, 0.05) is 21.1 Å². The van der Waals surface area contributed by atoms with E-state index in [2.05, 4.69) is 31.9 Å². The Morgan fingerprint density at radius 2 is 1.67 bits per heavy atom. The first kappa shape index (κ1) is 16.9. The Bertz CT molecular complexity index is 627. The van der Waals surface area contributed by atoms with Crippen LogP contribution in [0.15, 0.2) is 42.5 Å². The smallest absolute Gasteiger partial charge is 0.127 e. The van der Waals surface area contributed by atoms with Crippen LogP contribution in [0.5, 0.6) is 0 Å². The van der Waals surface area contributed by atoms with E-state index >= 15 is 0 Å². The molecule has 5 heteroatoms. The van der Waals surface area contributed by atoms with E-state index in [1.165, 1.54) is 18.2 Å². The average molecular weight is 439 g/mol. The molecule has 112 valence electrons.